The minimum absolute atomic E-state index is 0.0956. The molecule has 0 spiro atoms. The number of aryl methyl sites for hydroxylation is 1. The van der Waals surface area contributed by atoms with E-state index in [2.05, 4.69) is 40.2 Å². The molecule has 0 saturated carbocycles. The van der Waals surface area contributed by atoms with Crippen LogP contribution in [0, 0.1) is 0 Å². The summed E-state index contributed by atoms with van der Waals surface area (Å²) in [5.41, 5.74) is 2.82. The highest BCUT2D eigenvalue weighted by molar-refractivity contribution is 9.09. The predicted molar refractivity (Wildman–Crippen MR) is 125 cm³/mol. The van der Waals surface area contributed by atoms with Crippen LogP contribution in [0.15, 0.2) is 66.7 Å². The van der Waals surface area contributed by atoms with Gasteiger partial charge in [-0.1, -0.05) is 108 Å². The van der Waals surface area contributed by atoms with Gasteiger partial charge in [0.2, 0.25) is 0 Å². The summed E-state index contributed by atoms with van der Waals surface area (Å²) in [7, 11) is 0. The number of carbonyl (C=O) groups excluding carboxylic acids is 1. The lowest BCUT2D eigenvalue weighted by atomic mass is 10.0. The molecule has 0 aliphatic heterocycles. The van der Waals surface area contributed by atoms with Crippen molar-refractivity contribution in [1.82, 2.24) is 0 Å². The predicted octanol–water partition coefficient (Wildman–Crippen LogP) is 7.92. The molecular weight excluding hydrogens is 408 g/mol. The molecule has 0 amide bonds. The molecule has 0 aliphatic rings. The minimum Gasteiger partial charge on any atom is -0.289 e. The number of alkyl halides is 1. The first kappa shape index (κ1) is 22.6. The molecule has 0 fully saturated rings. The number of allylic oxidation sites excluding steroid dienone is 2. The van der Waals surface area contributed by atoms with Crippen LogP contribution in [0.4, 0.5) is 0 Å². The summed E-state index contributed by atoms with van der Waals surface area (Å²) in [5.74, 6) is 0.0956. The molecular formula is C26H33BrO. The molecule has 2 aromatic rings. The second kappa shape index (κ2) is 14.3. The summed E-state index contributed by atoms with van der Waals surface area (Å²) in [5, 5.41) is 1.14. The van der Waals surface area contributed by atoms with Crippen LogP contribution in [0.5, 0.6) is 0 Å². The summed E-state index contributed by atoms with van der Waals surface area (Å²) < 4.78 is 0. The minimum atomic E-state index is 0.0956. The Morgan fingerprint density at radius 3 is 1.93 bits per heavy atom. The third kappa shape index (κ3) is 9.01. The molecule has 28 heavy (non-hydrogen) atoms. The third-order valence-corrected chi connectivity index (χ3v) is 5.57. The van der Waals surface area contributed by atoms with Gasteiger partial charge in [-0.25, -0.2) is 0 Å². The van der Waals surface area contributed by atoms with E-state index < -0.39 is 0 Å². The first-order valence-electron chi connectivity index (χ1n) is 10.7. The molecule has 2 aromatic carbocycles. The topological polar surface area (TPSA) is 17.1 Å². The Labute approximate surface area is 179 Å². The maximum Gasteiger partial charge on any atom is 0.193 e. The highest BCUT2D eigenvalue weighted by Gasteiger charge is 2.07. The zero-order valence-electron chi connectivity index (χ0n) is 16.9. The summed E-state index contributed by atoms with van der Waals surface area (Å²) in [4.78, 5) is 12.4. The van der Waals surface area contributed by atoms with E-state index in [0.717, 1.165) is 35.7 Å². The standard InChI is InChI=1S/C26H33BrO/c27-22-14-9-7-5-3-1-2-4-6-8-11-15-23-18-20-25(21-19-23)26(28)24-16-12-10-13-17-24/h4,6,10,12-13,16-21H,1-3,5,7-9,11,14-15,22H2/b6-4-. The lowest BCUT2D eigenvalue weighted by molar-refractivity contribution is 0.103. The highest BCUT2D eigenvalue weighted by Crippen LogP contribution is 2.13. The van der Waals surface area contributed by atoms with E-state index in [4.69, 9.17) is 0 Å². The summed E-state index contributed by atoms with van der Waals surface area (Å²) >= 11 is 3.48. The first-order valence-corrected chi connectivity index (χ1v) is 11.8. The molecule has 0 N–H and O–H groups in total. The largest absolute Gasteiger partial charge is 0.289 e. The zero-order valence-corrected chi connectivity index (χ0v) is 18.5. The van der Waals surface area contributed by atoms with Crippen LogP contribution >= 0.6 is 15.9 Å². The Hall–Kier alpha value is -1.67. The van der Waals surface area contributed by atoms with E-state index in [9.17, 15) is 4.79 Å². The van der Waals surface area contributed by atoms with Gasteiger partial charge in [0.25, 0.3) is 0 Å². The van der Waals surface area contributed by atoms with Crippen LogP contribution < -0.4 is 0 Å². The molecule has 0 aliphatic carbocycles. The van der Waals surface area contributed by atoms with Gasteiger partial charge in [0, 0.05) is 16.5 Å². The number of halogens is 1. The molecule has 0 saturated heterocycles. The van der Waals surface area contributed by atoms with Crippen molar-refractivity contribution in [2.24, 2.45) is 0 Å². The Kier molecular flexibility index (Phi) is 11.6. The second-order valence-electron chi connectivity index (χ2n) is 7.35. The van der Waals surface area contributed by atoms with E-state index in [-0.39, 0.29) is 5.78 Å². The van der Waals surface area contributed by atoms with Crippen molar-refractivity contribution in [3.05, 3.63) is 83.4 Å². The Balaban J connectivity index is 1.58. The molecule has 0 atom stereocenters. The smallest absolute Gasteiger partial charge is 0.193 e. The second-order valence-corrected chi connectivity index (χ2v) is 8.15. The van der Waals surface area contributed by atoms with Crippen molar-refractivity contribution in [1.29, 1.82) is 0 Å². The molecule has 0 bridgehead atoms. The molecule has 0 radical (unpaired) electrons. The van der Waals surface area contributed by atoms with Crippen molar-refractivity contribution in [3.63, 3.8) is 0 Å². The van der Waals surface area contributed by atoms with E-state index in [1.165, 1.54) is 50.5 Å². The molecule has 1 nitrogen and oxygen atoms in total. The van der Waals surface area contributed by atoms with Gasteiger partial charge in [-0.3, -0.25) is 4.79 Å². The normalized spacial score (nSPS) is 11.2. The van der Waals surface area contributed by atoms with Gasteiger partial charge in [-0.2, -0.15) is 0 Å². The molecule has 2 heteroatoms. The number of benzene rings is 2. The van der Waals surface area contributed by atoms with Crippen LogP contribution in [-0.4, -0.2) is 11.1 Å². The summed E-state index contributed by atoms with van der Waals surface area (Å²) in [6.07, 6.45) is 17.4. The number of ketones is 1. The van der Waals surface area contributed by atoms with Gasteiger partial charge >= 0.3 is 0 Å². The molecule has 0 heterocycles. The van der Waals surface area contributed by atoms with Crippen LogP contribution in [0.25, 0.3) is 0 Å². The molecule has 0 aromatic heterocycles. The maximum absolute atomic E-state index is 12.4. The van der Waals surface area contributed by atoms with Gasteiger partial charge in [0.1, 0.15) is 0 Å². The fourth-order valence-corrected chi connectivity index (χ4v) is 3.70. The number of hydrogen-bond donors (Lipinski definition) is 0. The number of unbranched alkanes of at least 4 members (excludes halogenated alkanes) is 7. The van der Waals surface area contributed by atoms with Gasteiger partial charge in [-0.05, 0) is 44.1 Å². The Bertz CT molecular complexity index is 688. The molecule has 2 rings (SSSR count). The summed E-state index contributed by atoms with van der Waals surface area (Å²) in [6.45, 7) is 0. The highest BCUT2D eigenvalue weighted by atomic mass is 79.9. The van der Waals surface area contributed by atoms with E-state index in [0.29, 0.717) is 0 Å². The quantitative estimate of drug-likeness (QED) is 0.126. The van der Waals surface area contributed by atoms with Gasteiger partial charge in [0.15, 0.2) is 5.78 Å². The van der Waals surface area contributed by atoms with E-state index >= 15 is 0 Å². The van der Waals surface area contributed by atoms with Crippen LogP contribution in [0.3, 0.4) is 0 Å². The fraction of sp³-hybridized carbons (Fsp3) is 0.423. The third-order valence-electron chi connectivity index (χ3n) is 5.01. The lowest BCUT2D eigenvalue weighted by Crippen LogP contribution is -2.00. The van der Waals surface area contributed by atoms with Crippen molar-refractivity contribution in [2.45, 2.75) is 64.2 Å². The first-order chi connectivity index (χ1) is 13.8. The van der Waals surface area contributed by atoms with Crippen molar-refractivity contribution in [3.8, 4) is 0 Å². The summed E-state index contributed by atoms with van der Waals surface area (Å²) in [6, 6.07) is 17.6. The van der Waals surface area contributed by atoms with E-state index in [1.807, 2.05) is 42.5 Å². The SMILES string of the molecule is O=C(c1ccccc1)c1ccc(CCC/C=C\CCCCCCCCBr)cc1. The average Bonchev–Trinajstić information content (AvgIpc) is 2.75. The average molecular weight is 441 g/mol. The molecule has 0 unspecified atom stereocenters. The van der Waals surface area contributed by atoms with Gasteiger partial charge < -0.3 is 0 Å². The molecule has 150 valence electrons. The van der Waals surface area contributed by atoms with Crippen molar-refractivity contribution < 1.29 is 4.79 Å². The Morgan fingerprint density at radius 1 is 0.679 bits per heavy atom. The van der Waals surface area contributed by atoms with Crippen LogP contribution in [-0.2, 0) is 6.42 Å². The lowest BCUT2D eigenvalue weighted by Gasteiger charge is -2.04. The van der Waals surface area contributed by atoms with Crippen molar-refractivity contribution >= 4 is 21.7 Å². The maximum atomic E-state index is 12.4. The van der Waals surface area contributed by atoms with Crippen molar-refractivity contribution in [2.75, 3.05) is 5.33 Å². The monoisotopic (exact) mass is 440 g/mol. The van der Waals surface area contributed by atoms with E-state index in [1.54, 1.807) is 0 Å². The number of hydrogen-bond acceptors (Lipinski definition) is 1. The fourth-order valence-electron chi connectivity index (χ4n) is 3.30. The number of rotatable bonds is 14. The van der Waals surface area contributed by atoms with Crippen LogP contribution in [0.1, 0.15) is 79.3 Å². The van der Waals surface area contributed by atoms with Crippen LogP contribution in [0.2, 0.25) is 0 Å². The number of carbonyl (C=O) groups is 1. The van der Waals surface area contributed by atoms with Gasteiger partial charge in [-0.15, -0.1) is 0 Å². The zero-order chi connectivity index (χ0) is 19.9. The Morgan fingerprint density at radius 2 is 1.25 bits per heavy atom. The van der Waals surface area contributed by atoms with Gasteiger partial charge in [0.05, 0.1) is 0 Å².